The molecule has 2 aromatic heterocycles. The Morgan fingerprint density at radius 1 is 0.939 bits per heavy atom. The molecule has 2 aromatic carbocycles. The first-order valence-corrected chi connectivity index (χ1v) is 11.5. The van der Waals surface area contributed by atoms with E-state index in [4.69, 9.17) is 15.8 Å². The van der Waals surface area contributed by atoms with Gasteiger partial charge in [0.1, 0.15) is 5.82 Å². The van der Waals surface area contributed by atoms with Gasteiger partial charge in [0.2, 0.25) is 0 Å². The Bertz CT molecular complexity index is 1240. The zero-order chi connectivity index (χ0) is 22.8. The van der Waals surface area contributed by atoms with Gasteiger partial charge in [0.15, 0.2) is 5.65 Å². The molecule has 0 atom stereocenters. The number of hydrogen-bond donors (Lipinski definition) is 2. The van der Waals surface area contributed by atoms with E-state index in [-0.39, 0.29) is 6.61 Å². The Kier molecular flexibility index (Phi) is 6.09. The number of anilines is 1. The van der Waals surface area contributed by atoms with Crippen LogP contribution in [0.4, 0.5) is 5.82 Å². The lowest BCUT2D eigenvalue weighted by Gasteiger charge is -2.35. The molecule has 7 nitrogen and oxygen atoms in total. The molecule has 7 heteroatoms. The van der Waals surface area contributed by atoms with Crippen molar-refractivity contribution >= 4 is 11.5 Å². The van der Waals surface area contributed by atoms with E-state index in [1.807, 2.05) is 34.8 Å². The van der Waals surface area contributed by atoms with E-state index in [2.05, 4.69) is 47.1 Å². The van der Waals surface area contributed by atoms with E-state index in [9.17, 15) is 5.11 Å². The number of aliphatic hydroxyl groups excluding tert-OH is 1. The van der Waals surface area contributed by atoms with Gasteiger partial charge in [0, 0.05) is 56.5 Å². The van der Waals surface area contributed by atoms with Gasteiger partial charge >= 0.3 is 0 Å². The van der Waals surface area contributed by atoms with Crippen LogP contribution >= 0.6 is 0 Å². The number of nitrogens with two attached hydrogens (primary N) is 1. The minimum atomic E-state index is 0.194. The lowest BCUT2D eigenvalue weighted by molar-refractivity contribution is 0.188. The van der Waals surface area contributed by atoms with Gasteiger partial charge in [-0.3, -0.25) is 4.90 Å². The van der Waals surface area contributed by atoms with Crippen molar-refractivity contribution in [3.8, 4) is 22.4 Å². The van der Waals surface area contributed by atoms with Crippen molar-refractivity contribution in [2.45, 2.75) is 13.5 Å². The van der Waals surface area contributed by atoms with Crippen LogP contribution in [0.25, 0.3) is 28.0 Å². The number of rotatable bonds is 6. The van der Waals surface area contributed by atoms with Crippen molar-refractivity contribution in [3.63, 3.8) is 0 Å². The maximum absolute atomic E-state index is 9.30. The number of aliphatic hydroxyl groups is 1. The zero-order valence-corrected chi connectivity index (χ0v) is 19.0. The fourth-order valence-corrected chi connectivity index (χ4v) is 4.62. The van der Waals surface area contributed by atoms with Gasteiger partial charge in [-0.15, -0.1) is 0 Å². The van der Waals surface area contributed by atoms with Crippen molar-refractivity contribution in [3.05, 3.63) is 71.9 Å². The van der Waals surface area contributed by atoms with Crippen LogP contribution in [-0.4, -0.2) is 63.9 Å². The topological polar surface area (TPSA) is 82.9 Å². The molecule has 170 valence electrons. The summed E-state index contributed by atoms with van der Waals surface area (Å²) in [7, 11) is 0. The molecule has 1 aliphatic rings. The van der Waals surface area contributed by atoms with Crippen molar-refractivity contribution < 1.29 is 5.11 Å². The molecule has 0 bridgehead atoms. The molecular formula is C26H30N6O. The third-order valence-corrected chi connectivity index (χ3v) is 6.38. The van der Waals surface area contributed by atoms with Crippen LogP contribution < -0.4 is 10.6 Å². The fourth-order valence-electron chi connectivity index (χ4n) is 4.62. The van der Waals surface area contributed by atoms with Crippen LogP contribution in [0.15, 0.2) is 60.7 Å². The van der Waals surface area contributed by atoms with Gasteiger partial charge in [0.05, 0.1) is 18.0 Å². The van der Waals surface area contributed by atoms with Gasteiger partial charge in [-0.2, -0.15) is 9.61 Å². The normalized spacial score (nSPS) is 14.8. The maximum atomic E-state index is 9.30. The van der Waals surface area contributed by atoms with Crippen LogP contribution in [0.1, 0.15) is 11.3 Å². The van der Waals surface area contributed by atoms with E-state index in [0.717, 1.165) is 77.8 Å². The Balaban J connectivity index is 1.66. The minimum Gasteiger partial charge on any atom is -0.395 e. The largest absolute Gasteiger partial charge is 0.395 e. The second-order valence-electron chi connectivity index (χ2n) is 8.52. The highest BCUT2D eigenvalue weighted by Crippen LogP contribution is 2.33. The number of nitrogens with zero attached hydrogens (tertiary/aromatic N) is 5. The van der Waals surface area contributed by atoms with E-state index >= 15 is 0 Å². The van der Waals surface area contributed by atoms with Gasteiger partial charge in [-0.05, 0) is 24.1 Å². The van der Waals surface area contributed by atoms with Gasteiger partial charge in [-0.25, -0.2) is 4.98 Å². The number of benzene rings is 2. The predicted octanol–water partition coefficient (Wildman–Crippen LogP) is 2.94. The van der Waals surface area contributed by atoms with Crippen LogP contribution in [-0.2, 0) is 6.54 Å². The predicted molar refractivity (Wildman–Crippen MR) is 132 cm³/mol. The molecule has 0 spiro atoms. The molecule has 3 heterocycles. The third-order valence-electron chi connectivity index (χ3n) is 6.38. The highest BCUT2D eigenvalue weighted by Gasteiger charge is 2.23. The molecule has 1 fully saturated rings. The lowest BCUT2D eigenvalue weighted by Crippen LogP contribution is -2.47. The van der Waals surface area contributed by atoms with Gasteiger partial charge < -0.3 is 15.7 Å². The van der Waals surface area contributed by atoms with Crippen molar-refractivity contribution in [1.82, 2.24) is 19.5 Å². The van der Waals surface area contributed by atoms with Crippen molar-refractivity contribution in [1.29, 1.82) is 0 Å². The standard InChI is InChI=1S/C26H30N6O/c1-19-25(21-7-3-2-4-8-21)26-28-23(22-9-5-6-20(16-22)18-27)17-24(32(26)29-19)31-12-10-30(11-13-31)14-15-33/h2-9,16-17,33H,10-15,18,27H2,1H3. The van der Waals surface area contributed by atoms with E-state index < -0.39 is 0 Å². The van der Waals surface area contributed by atoms with Crippen molar-refractivity contribution in [2.24, 2.45) is 5.73 Å². The summed E-state index contributed by atoms with van der Waals surface area (Å²) in [6.07, 6.45) is 0. The molecule has 0 radical (unpaired) electrons. The average molecular weight is 443 g/mol. The molecule has 4 aromatic rings. The lowest BCUT2D eigenvalue weighted by atomic mass is 10.1. The smallest absolute Gasteiger partial charge is 0.166 e. The summed E-state index contributed by atoms with van der Waals surface area (Å²) in [6, 6.07) is 20.8. The Morgan fingerprint density at radius 2 is 1.70 bits per heavy atom. The van der Waals surface area contributed by atoms with Crippen LogP contribution in [0, 0.1) is 6.92 Å². The summed E-state index contributed by atoms with van der Waals surface area (Å²) in [4.78, 5) is 9.78. The van der Waals surface area contributed by atoms with Gasteiger partial charge in [0.25, 0.3) is 0 Å². The van der Waals surface area contributed by atoms with E-state index in [0.29, 0.717) is 6.54 Å². The fraction of sp³-hybridized carbons (Fsp3) is 0.308. The number of piperazine rings is 1. The quantitative estimate of drug-likeness (QED) is 0.478. The first kappa shape index (κ1) is 21.6. The maximum Gasteiger partial charge on any atom is 0.166 e. The summed E-state index contributed by atoms with van der Waals surface area (Å²) >= 11 is 0. The molecule has 1 aliphatic heterocycles. The molecular weight excluding hydrogens is 412 g/mol. The summed E-state index contributed by atoms with van der Waals surface area (Å²) in [5, 5.41) is 14.2. The summed E-state index contributed by atoms with van der Waals surface area (Å²) in [5.74, 6) is 1.04. The second kappa shape index (κ2) is 9.31. The molecule has 0 saturated carbocycles. The number of fused-ring (bicyclic) bond motifs is 1. The third kappa shape index (κ3) is 4.23. The molecule has 1 saturated heterocycles. The molecule has 0 aliphatic carbocycles. The highest BCUT2D eigenvalue weighted by atomic mass is 16.3. The Morgan fingerprint density at radius 3 is 2.42 bits per heavy atom. The monoisotopic (exact) mass is 442 g/mol. The Labute approximate surface area is 194 Å². The average Bonchev–Trinajstić information content (AvgIpc) is 3.20. The first-order chi connectivity index (χ1) is 16.2. The van der Waals surface area contributed by atoms with Crippen LogP contribution in [0.5, 0.6) is 0 Å². The van der Waals surface area contributed by atoms with Crippen LogP contribution in [0.3, 0.4) is 0 Å². The molecule has 0 unspecified atom stereocenters. The van der Waals surface area contributed by atoms with Crippen LogP contribution in [0.2, 0.25) is 0 Å². The van der Waals surface area contributed by atoms with E-state index in [1.54, 1.807) is 0 Å². The molecule has 5 rings (SSSR count). The van der Waals surface area contributed by atoms with Gasteiger partial charge in [-0.1, -0.05) is 48.5 Å². The summed E-state index contributed by atoms with van der Waals surface area (Å²) in [5.41, 5.74) is 13.0. The number of aryl methyl sites for hydroxylation is 1. The number of β-amino-alcohol motifs (C(OH)–C–C–N with tert-alkyl or cyclic N) is 1. The number of hydrogen-bond acceptors (Lipinski definition) is 6. The second-order valence-corrected chi connectivity index (χ2v) is 8.52. The summed E-state index contributed by atoms with van der Waals surface area (Å²) < 4.78 is 2.00. The molecule has 33 heavy (non-hydrogen) atoms. The molecule has 0 amide bonds. The SMILES string of the molecule is Cc1nn2c(N3CCN(CCO)CC3)cc(-c3cccc(CN)c3)nc2c1-c1ccccc1. The number of aromatic nitrogens is 3. The first-order valence-electron chi connectivity index (χ1n) is 11.5. The highest BCUT2D eigenvalue weighted by molar-refractivity contribution is 5.83. The van der Waals surface area contributed by atoms with E-state index in [1.165, 1.54) is 0 Å². The minimum absolute atomic E-state index is 0.194. The zero-order valence-electron chi connectivity index (χ0n) is 19.0. The molecule has 3 N–H and O–H groups in total. The van der Waals surface area contributed by atoms with Crippen molar-refractivity contribution in [2.75, 3.05) is 44.2 Å². The summed E-state index contributed by atoms with van der Waals surface area (Å²) in [6.45, 7) is 7.03. The Hall–Kier alpha value is -3.26.